The molecule has 0 aliphatic carbocycles. The second-order valence-electron chi connectivity index (χ2n) is 2.89. The zero-order chi connectivity index (χ0) is 9.68. The van der Waals surface area contributed by atoms with Gasteiger partial charge in [-0.05, 0) is 25.0 Å². The summed E-state index contributed by atoms with van der Waals surface area (Å²) in [4.78, 5) is 0. The van der Waals surface area contributed by atoms with Crippen LogP contribution < -0.4 is 5.14 Å². The highest BCUT2D eigenvalue weighted by atomic mass is 32.2. The van der Waals surface area contributed by atoms with Crippen LogP contribution >= 0.6 is 11.9 Å². The van der Waals surface area contributed by atoms with Crippen molar-refractivity contribution in [1.82, 2.24) is 4.57 Å². The van der Waals surface area contributed by atoms with Gasteiger partial charge in [0, 0.05) is 18.4 Å². The van der Waals surface area contributed by atoms with Crippen LogP contribution in [-0.2, 0) is 6.54 Å². The molecule has 0 fully saturated rings. The number of fused-ring (bicyclic) bond motifs is 1. The second kappa shape index (κ2) is 5.35. The van der Waals surface area contributed by atoms with E-state index in [1.807, 2.05) is 13.8 Å². The van der Waals surface area contributed by atoms with Gasteiger partial charge in [-0.15, -0.1) is 0 Å². The van der Waals surface area contributed by atoms with E-state index in [1.54, 1.807) is 0 Å². The van der Waals surface area contributed by atoms with E-state index in [9.17, 15) is 0 Å². The van der Waals surface area contributed by atoms with Gasteiger partial charge in [-0.1, -0.05) is 25.8 Å². The number of aryl methyl sites for hydroxylation is 1. The van der Waals surface area contributed by atoms with Crippen molar-refractivity contribution in [3.63, 3.8) is 0 Å². The van der Waals surface area contributed by atoms with Crippen LogP contribution in [0.2, 0.25) is 0 Å². The molecule has 0 saturated heterocycles. The molecular formula is C10H18N2S. The van der Waals surface area contributed by atoms with Gasteiger partial charge in [0.15, 0.2) is 0 Å². The number of nitrogens with zero attached hydrogens (tertiary/aromatic N) is 1. The highest BCUT2D eigenvalue weighted by Crippen LogP contribution is 2.33. The van der Waals surface area contributed by atoms with Crippen molar-refractivity contribution < 1.29 is 0 Å². The molecule has 2 nitrogen and oxygen atoms in total. The maximum atomic E-state index is 5.58. The Hall–Kier alpha value is -0.410. The number of rotatable bonds is 1. The predicted octanol–water partition coefficient (Wildman–Crippen LogP) is 2.96. The summed E-state index contributed by atoms with van der Waals surface area (Å²) in [5, 5.41) is 6.11. The van der Waals surface area contributed by atoms with Crippen LogP contribution in [0.4, 0.5) is 0 Å². The Morgan fingerprint density at radius 3 is 3.00 bits per heavy atom. The van der Waals surface area contributed by atoms with Gasteiger partial charge in [0.2, 0.25) is 0 Å². The lowest BCUT2D eigenvalue weighted by atomic mass is 10.1. The smallest absolute Gasteiger partial charge is 0.0593 e. The minimum Gasteiger partial charge on any atom is -0.350 e. The second-order valence-corrected chi connectivity index (χ2v) is 3.73. The van der Waals surface area contributed by atoms with Crippen LogP contribution in [0.5, 0.6) is 0 Å². The first-order valence-corrected chi connectivity index (χ1v) is 5.86. The summed E-state index contributed by atoms with van der Waals surface area (Å²) in [7, 11) is 0. The lowest BCUT2D eigenvalue weighted by Gasteiger charge is -2.22. The van der Waals surface area contributed by atoms with Gasteiger partial charge in [0.1, 0.15) is 0 Å². The molecule has 2 heterocycles. The first kappa shape index (κ1) is 10.7. The van der Waals surface area contributed by atoms with E-state index in [4.69, 9.17) is 5.14 Å². The molecule has 3 heteroatoms. The molecule has 13 heavy (non-hydrogen) atoms. The molecule has 2 rings (SSSR count). The summed E-state index contributed by atoms with van der Waals surface area (Å²) < 4.78 is 2.30. The standard InChI is InChI=1S/C8H12N2S.C2H6/c9-11-8-4-2-6-10-5-1-3-7(8)10;1-2/h1,3,5,8H,2,4,6,9H2;1-2H3. The largest absolute Gasteiger partial charge is 0.350 e. The Morgan fingerprint density at radius 1 is 1.54 bits per heavy atom. The first-order valence-electron chi connectivity index (χ1n) is 4.92. The average Bonchev–Trinajstić information content (AvgIpc) is 2.68. The summed E-state index contributed by atoms with van der Waals surface area (Å²) in [5.41, 5.74) is 1.39. The maximum absolute atomic E-state index is 5.58. The summed E-state index contributed by atoms with van der Waals surface area (Å²) in [6.07, 6.45) is 4.62. The van der Waals surface area contributed by atoms with E-state index < -0.39 is 0 Å². The van der Waals surface area contributed by atoms with Crippen LogP contribution in [0.15, 0.2) is 18.3 Å². The molecule has 0 amide bonds. The third-order valence-electron chi connectivity index (χ3n) is 2.22. The lowest BCUT2D eigenvalue weighted by molar-refractivity contribution is 0.526. The molecule has 0 bridgehead atoms. The molecule has 0 radical (unpaired) electrons. The van der Waals surface area contributed by atoms with E-state index in [1.165, 1.54) is 37.0 Å². The van der Waals surface area contributed by atoms with Crippen molar-refractivity contribution in [2.24, 2.45) is 5.14 Å². The lowest BCUT2D eigenvalue weighted by Crippen LogP contribution is -2.13. The topological polar surface area (TPSA) is 30.9 Å². The molecular weight excluding hydrogens is 180 g/mol. The van der Waals surface area contributed by atoms with Crippen molar-refractivity contribution in [3.8, 4) is 0 Å². The Bertz CT molecular complexity index is 245. The van der Waals surface area contributed by atoms with Gasteiger partial charge in [-0.3, -0.25) is 5.14 Å². The van der Waals surface area contributed by atoms with Gasteiger partial charge < -0.3 is 4.57 Å². The average molecular weight is 198 g/mol. The minimum absolute atomic E-state index is 0.527. The Balaban J connectivity index is 0.000000396. The highest BCUT2D eigenvalue weighted by molar-refractivity contribution is 7.97. The Kier molecular flexibility index (Phi) is 4.39. The highest BCUT2D eigenvalue weighted by Gasteiger charge is 2.18. The predicted molar refractivity (Wildman–Crippen MR) is 59.5 cm³/mol. The summed E-state index contributed by atoms with van der Waals surface area (Å²) in [6, 6.07) is 4.27. The minimum atomic E-state index is 0.527. The monoisotopic (exact) mass is 198 g/mol. The first-order chi connectivity index (χ1) is 6.42. The normalized spacial score (nSPS) is 20.1. The SMILES string of the molecule is CC.NSC1CCCn2cccc21. The summed E-state index contributed by atoms with van der Waals surface area (Å²) >= 11 is 1.47. The fourth-order valence-corrected chi connectivity index (χ4v) is 2.31. The van der Waals surface area contributed by atoms with Gasteiger partial charge in [-0.2, -0.15) is 0 Å². The van der Waals surface area contributed by atoms with Crippen molar-refractivity contribution in [3.05, 3.63) is 24.0 Å². The van der Waals surface area contributed by atoms with E-state index >= 15 is 0 Å². The number of hydrogen-bond acceptors (Lipinski definition) is 2. The van der Waals surface area contributed by atoms with Crippen LogP contribution in [0.25, 0.3) is 0 Å². The number of hydrogen-bond donors (Lipinski definition) is 1. The number of nitrogens with two attached hydrogens (primary N) is 1. The molecule has 0 spiro atoms. The summed E-state index contributed by atoms with van der Waals surface area (Å²) in [6.45, 7) is 5.17. The van der Waals surface area contributed by atoms with E-state index in [-0.39, 0.29) is 0 Å². The molecule has 2 N–H and O–H groups in total. The fourth-order valence-electron chi connectivity index (χ4n) is 1.66. The van der Waals surface area contributed by atoms with Crippen LogP contribution in [0, 0.1) is 0 Å². The van der Waals surface area contributed by atoms with Crippen molar-refractivity contribution in [2.45, 2.75) is 38.5 Å². The third-order valence-corrected chi connectivity index (χ3v) is 3.03. The number of aromatic nitrogens is 1. The molecule has 1 aromatic heterocycles. The van der Waals surface area contributed by atoms with Crippen LogP contribution in [-0.4, -0.2) is 4.57 Å². The fraction of sp³-hybridized carbons (Fsp3) is 0.600. The van der Waals surface area contributed by atoms with Crippen molar-refractivity contribution in [1.29, 1.82) is 0 Å². The van der Waals surface area contributed by atoms with Crippen molar-refractivity contribution >= 4 is 11.9 Å². The van der Waals surface area contributed by atoms with E-state index in [0.717, 1.165) is 0 Å². The Morgan fingerprint density at radius 2 is 2.31 bits per heavy atom. The molecule has 74 valence electrons. The quantitative estimate of drug-likeness (QED) is 0.703. The molecule has 1 aliphatic heterocycles. The third kappa shape index (κ3) is 2.29. The molecule has 0 saturated carbocycles. The van der Waals surface area contributed by atoms with E-state index in [0.29, 0.717) is 5.25 Å². The van der Waals surface area contributed by atoms with Crippen LogP contribution in [0.1, 0.15) is 37.6 Å². The van der Waals surface area contributed by atoms with Gasteiger partial charge in [-0.25, -0.2) is 0 Å². The zero-order valence-corrected chi connectivity index (χ0v) is 9.18. The molecule has 1 atom stereocenters. The molecule has 1 aromatic rings. The van der Waals surface area contributed by atoms with Crippen molar-refractivity contribution in [2.75, 3.05) is 0 Å². The van der Waals surface area contributed by atoms with Gasteiger partial charge in [0.25, 0.3) is 0 Å². The van der Waals surface area contributed by atoms with Gasteiger partial charge >= 0.3 is 0 Å². The summed E-state index contributed by atoms with van der Waals surface area (Å²) in [5.74, 6) is 0. The molecule has 0 aromatic carbocycles. The zero-order valence-electron chi connectivity index (χ0n) is 8.36. The van der Waals surface area contributed by atoms with Gasteiger partial charge in [0.05, 0.1) is 5.25 Å². The molecule has 1 unspecified atom stereocenters. The van der Waals surface area contributed by atoms with E-state index in [2.05, 4.69) is 22.9 Å². The van der Waals surface area contributed by atoms with Crippen LogP contribution in [0.3, 0.4) is 0 Å². The maximum Gasteiger partial charge on any atom is 0.0593 e. The Labute approximate surface area is 84.6 Å². The molecule has 1 aliphatic rings.